The van der Waals surface area contributed by atoms with E-state index >= 15 is 0 Å². The third kappa shape index (κ3) is 4.81. The number of furan rings is 1. The van der Waals surface area contributed by atoms with Crippen LogP contribution in [-0.4, -0.2) is 17.6 Å². The van der Waals surface area contributed by atoms with Gasteiger partial charge in [-0.2, -0.15) is 18.4 Å². The van der Waals surface area contributed by atoms with Crippen molar-refractivity contribution >= 4 is 29.3 Å². The van der Waals surface area contributed by atoms with Gasteiger partial charge in [-0.25, -0.2) is 0 Å². The second kappa shape index (κ2) is 8.45. The molecule has 3 rings (SSSR count). The van der Waals surface area contributed by atoms with Gasteiger partial charge in [0.05, 0.1) is 45.9 Å². The lowest BCUT2D eigenvalue weighted by molar-refractivity contribution is -0.137. The van der Waals surface area contributed by atoms with Crippen LogP contribution < -0.4 is 10.6 Å². The predicted octanol–water partition coefficient (Wildman–Crippen LogP) is 4.01. The molecule has 1 aromatic heterocycles. The van der Waals surface area contributed by atoms with Crippen LogP contribution in [0.1, 0.15) is 23.7 Å². The molecule has 0 saturated carbocycles. The fourth-order valence-electron chi connectivity index (χ4n) is 2.83. The van der Waals surface area contributed by atoms with Gasteiger partial charge in [-0.3, -0.25) is 9.59 Å². The third-order valence-electron chi connectivity index (χ3n) is 4.10. The second-order valence-corrected chi connectivity index (χ2v) is 7.04. The van der Waals surface area contributed by atoms with Gasteiger partial charge < -0.3 is 15.1 Å². The molecule has 0 bridgehead atoms. The van der Waals surface area contributed by atoms with Gasteiger partial charge in [0.1, 0.15) is 5.76 Å². The molecule has 1 aromatic carbocycles. The summed E-state index contributed by atoms with van der Waals surface area (Å²) in [4.78, 5) is 24.2. The van der Waals surface area contributed by atoms with Gasteiger partial charge in [-0.1, -0.05) is 23.9 Å². The zero-order valence-corrected chi connectivity index (χ0v) is 15.6. The standard InChI is InChI=1S/C19H14F3N3O3S/c20-19(21,22)13-4-1-2-5-14(13)24-17(27)10-29-18-12(9-23)11(8-16(26)25-18)15-6-3-7-28-15/h1-7,11H,8,10H2,(H,24,27)(H,25,26)/t11-/m1/s1. The SMILES string of the molecule is N#CC1=C(SCC(=O)Nc2ccccc2C(F)(F)F)NC(=O)C[C@H]1c1ccco1. The summed E-state index contributed by atoms with van der Waals surface area (Å²) in [5, 5.41) is 14.5. The zero-order chi connectivity index (χ0) is 21.0. The van der Waals surface area contributed by atoms with E-state index in [1.165, 1.54) is 18.4 Å². The minimum atomic E-state index is -4.61. The fraction of sp³-hybridized carbons (Fsp3) is 0.211. The number of carbonyl (C=O) groups excluding carboxylic acids is 2. The molecule has 0 unspecified atom stereocenters. The number of amides is 2. The monoisotopic (exact) mass is 421 g/mol. The predicted molar refractivity (Wildman–Crippen MR) is 99.4 cm³/mol. The highest BCUT2D eigenvalue weighted by atomic mass is 32.2. The van der Waals surface area contributed by atoms with Gasteiger partial charge in [-0.05, 0) is 24.3 Å². The number of rotatable bonds is 5. The highest BCUT2D eigenvalue weighted by molar-refractivity contribution is 8.03. The van der Waals surface area contributed by atoms with Gasteiger partial charge in [0.15, 0.2) is 0 Å². The number of para-hydroxylation sites is 1. The van der Waals surface area contributed by atoms with Crippen molar-refractivity contribution in [2.75, 3.05) is 11.1 Å². The van der Waals surface area contributed by atoms with E-state index in [2.05, 4.69) is 10.6 Å². The third-order valence-corrected chi connectivity index (χ3v) is 5.11. The maximum atomic E-state index is 13.0. The van der Waals surface area contributed by atoms with Gasteiger partial charge in [0.2, 0.25) is 11.8 Å². The molecule has 0 saturated heterocycles. The molecule has 2 N–H and O–H groups in total. The average molecular weight is 421 g/mol. The smallest absolute Gasteiger partial charge is 0.418 e. The molecular weight excluding hydrogens is 407 g/mol. The Balaban J connectivity index is 1.74. The van der Waals surface area contributed by atoms with Crippen LogP contribution in [0.25, 0.3) is 0 Å². The number of nitrogens with zero attached hydrogens (tertiary/aromatic N) is 1. The molecule has 2 aromatic rings. The van der Waals surface area contributed by atoms with Crippen molar-refractivity contribution < 1.29 is 27.2 Å². The number of halogens is 3. The van der Waals surface area contributed by atoms with Crippen LogP contribution in [0.4, 0.5) is 18.9 Å². The highest BCUT2D eigenvalue weighted by Gasteiger charge is 2.34. The Bertz CT molecular complexity index is 994. The Morgan fingerprint density at radius 3 is 2.72 bits per heavy atom. The van der Waals surface area contributed by atoms with Crippen LogP contribution in [0.15, 0.2) is 57.7 Å². The van der Waals surface area contributed by atoms with Crippen molar-refractivity contribution in [2.45, 2.75) is 18.5 Å². The first kappa shape index (κ1) is 20.5. The van der Waals surface area contributed by atoms with Crippen molar-refractivity contribution in [2.24, 2.45) is 0 Å². The zero-order valence-electron chi connectivity index (χ0n) is 14.7. The molecule has 1 aliphatic rings. The number of nitriles is 1. The number of hydrogen-bond donors (Lipinski definition) is 2. The van der Waals surface area contributed by atoms with Crippen LogP contribution in [-0.2, 0) is 15.8 Å². The number of anilines is 1. The van der Waals surface area contributed by atoms with E-state index in [9.17, 15) is 28.0 Å². The average Bonchev–Trinajstić information content (AvgIpc) is 3.20. The minimum Gasteiger partial charge on any atom is -0.469 e. The number of alkyl halides is 3. The molecule has 0 radical (unpaired) electrons. The molecule has 0 spiro atoms. The van der Waals surface area contributed by atoms with E-state index in [-0.39, 0.29) is 34.4 Å². The number of benzene rings is 1. The molecule has 1 atom stereocenters. The summed E-state index contributed by atoms with van der Waals surface area (Å²) in [6, 6.07) is 9.92. The van der Waals surface area contributed by atoms with Crippen LogP contribution in [0, 0.1) is 11.3 Å². The molecule has 6 nitrogen and oxygen atoms in total. The topological polar surface area (TPSA) is 95.1 Å². The lowest BCUT2D eigenvalue weighted by Gasteiger charge is -2.23. The van der Waals surface area contributed by atoms with Crippen LogP contribution in [0.2, 0.25) is 0 Å². The first-order chi connectivity index (χ1) is 13.8. The summed E-state index contributed by atoms with van der Waals surface area (Å²) in [5.41, 5.74) is -1.09. The quantitative estimate of drug-likeness (QED) is 0.761. The summed E-state index contributed by atoms with van der Waals surface area (Å²) in [5.74, 6) is -1.49. The number of hydrogen-bond acceptors (Lipinski definition) is 5. The molecule has 29 heavy (non-hydrogen) atoms. The van der Waals surface area contributed by atoms with Gasteiger partial charge in [0.25, 0.3) is 0 Å². The molecule has 2 heterocycles. The maximum absolute atomic E-state index is 13.0. The highest BCUT2D eigenvalue weighted by Crippen LogP contribution is 2.37. The number of nitrogens with one attached hydrogen (secondary N) is 2. The second-order valence-electron chi connectivity index (χ2n) is 6.06. The lowest BCUT2D eigenvalue weighted by atomic mass is 9.92. The number of allylic oxidation sites excluding steroid dienone is 1. The van der Waals surface area contributed by atoms with Crippen LogP contribution >= 0.6 is 11.8 Å². The fourth-order valence-corrected chi connectivity index (χ4v) is 3.71. The largest absolute Gasteiger partial charge is 0.469 e. The molecule has 0 aliphatic carbocycles. The van der Waals surface area contributed by atoms with E-state index in [1.54, 1.807) is 12.1 Å². The summed E-state index contributed by atoms with van der Waals surface area (Å²) in [6.45, 7) is 0. The molecular formula is C19H14F3N3O3S. The van der Waals surface area contributed by atoms with E-state index in [0.717, 1.165) is 23.9 Å². The first-order valence-corrected chi connectivity index (χ1v) is 9.34. The summed E-state index contributed by atoms with van der Waals surface area (Å²) in [6.07, 6.45) is -3.16. The van der Waals surface area contributed by atoms with E-state index in [0.29, 0.717) is 5.76 Å². The van der Waals surface area contributed by atoms with Gasteiger partial charge in [0, 0.05) is 6.42 Å². The Morgan fingerprint density at radius 2 is 2.07 bits per heavy atom. The summed E-state index contributed by atoms with van der Waals surface area (Å²) < 4.78 is 44.4. The molecule has 0 fully saturated rings. The molecule has 1 aliphatic heterocycles. The normalized spacial score (nSPS) is 16.9. The van der Waals surface area contributed by atoms with Crippen LogP contribution in [0.5, 0.6) is 0 Å². The van der Waals surface area contributed by atoms with Crippen LogP contribution in [0.3, 0.4) is 0 Å². The van der Waals surface area contributed by atoms with Crippen molar-refractivity contribution in [3.63, 3.8) is 0 Å². The van der Waals surface area contributed by atoms with E-state index in [1.807, 2.05) is 6.07 Å². The van der Waals surface area contributed by atoms with Gasteiger partial charge in [-0.15, -0.1) is 0 Å². The molecule has 2 amide bonds. The lowest BCUT2D eigenvalue weighted by Crippen LogP contribution is -2.31. The number of thioether (sulfide) groups is 1. The maximum Gasteiger partial charge on any atom is 0.418 e. The minimum absolute atomic E-state index is 0.0195. The van der Waals surface area contributed by atoms with Crippen molar-refractivity contribution in [3.05, 3.63) is 64.6 Å². The molecule has 10 heteroatoms. The van der Waals surface area contributed by atoms with Gasteiger partial charge >= 0.3 is 6.18 Å². The Hall–Kier alpha value is -3.19. The van der Waals surface area contributed by atoms with Crippen molar-refractivity contribution in [1.82, 2.24) is 5.32 Å². The van der Waals surface area contributed by atoms with E-state index in [4.69, 9.17) is 4.42 Å². The van der Waals surface area contributed by atoms with E-state index < -0.39 is 23.6 Å². The summed E-state index contributed by atoms with van der Waals surface area (Å²) in [7, 11) is 0. The Kier molecular flexibility index (Phi) is 5.98. The Labute approximate surface area is 167 Å². The first-order valence-electron chi connectivity index (χ1n) is 8.36. The molecule has 150 valence electrons. The summed E-state index contributed by atoms with van der Waals surface area (Å²) >= 11 is 0.866. The van der Waals surface area contributed by atoms with Crippen molar-refractivity contribution in [3.8, 4) is 6.07 Å². The Morgan fingerprint density at radius 1 is 1.31 bits per heavy atom. The van der Waals surface area contributed by atoms with Crippen molar-refractivity contribution in [1.29, 1.82) is 5.26 Å². The number of carbonyl (C=O) groups is 2.